The first-order valence-electron chi connectivity index (χ1n) is 8.94. The SMILES string of the molecule is COc1cc(OC)c(NC(=O)[C@H]2CC(=O)N(c3cccc(C)c3C)C2)cc1Cl. The van der Waals surface area contributed by atoms with Gasteiger partial charge in [0.05, 0.1) is 30.8 Å². The predicted molar refractivity (Wildman–Crippen MR) is 110 cm³/mol. The normalized spacial score (nSPS) is 16.2. The number of halogens is 1. The van der Waals surface area contributed by atoms with E-state index in [0.29, 0.717) is 28.8 Å². The van der Waals surface area contributed by atoms with E-state index in [-0.39, 0.29) is 18.2 Å². The fourth-order valence-electron chi connectivity index (χ4n) is 3.34. The molecule has 0 spiro atoms. The third-order valence-electron chi connectivity index (χ3n) is 5.09. The lowest BCUT2D eigenvalue weighted by Gasteiger charge is -2.20. The van der Waals surface area contributed by atoms with Crippen molar-refractivity contribution in [3.05, 3.63) is 46.5 Å². The maximum absolute atomic E-state index is 12.8. The summed E-state index contributed by atoms with van der Waals surface area (Å²) in [7, 11) is 3.00. The van der Waals surface area contributed by atoms with Crippen LogP contribution in [0.25, 0.3) is 0 Å². The maximum Gasteiger partial charge on any atom is 0.229 e. The van der Waals surface area contributed by atoms with Crippen LogP contribution < -0.4 is 19.7 Å². The van der Waals surface area contributed by atoms with Gasteiger partial charge in [0.15, 0.2) is 0 Å². The molecule has 7 heteroatoms. The summed E-state index contributed by atoms with van der Waals surface area (Å²) >= 11 is 6.17. The van der Waals surface area contributed by atoms with Crippen molar-refractivity contribution in [2.45, 2.75) is 20.3 Å². The fourth-order valence-corrected chi connectivity index (χ4v) is 3.58. The number of amides is 2. The second-order valence-corrected chi connectivity index (χ2v) is 7.21. The van der Waals surface area contributed by atoms with E-state index < -0.39 is 5.92 Å². The van der Waals surface area contributed by atoms with Gasteiger partial charge in [0.2, 0.25) is 11.8 Å². The number of aryl methyl sites for hydroxylation is 1. The van der Waals surface area contributed by atoms with Crippen LogP contribution in [-0.2, 0) is 9.59 Å². The minimum Gasteiger partial charge on any atom is -0.495 e. The number of rotatable bonds is 5. The molecule has 1 heterocycles. The maximum atomic E-state index is 12.8. The summed E-state index contributed by atoms with van der Waals surface area (Å²) in [6, 6.07) is 9.02. The molecule has 2 amide bonds. The number of anilines is 2. The molecule has 148 valence electrons. The third-order valence-corrected chi connectivity index (χ3v) is 5.39. The molecule has 28 heavy (non-hydrogen) atoms. The summed E-state index contributed by atoms with van der Waals surface area (Å²) < 4.78 is 10.5. The molecule has 0 unspecified atom stereocenters. The smallest absolute Gasteiger partial charge is 0.229 e. The predicted octanol–water partition coefficient (Wildman–Crippen LogP) is 3.97. The highest BCUT2D eigenvalue weighted by atomic mass is 35.5. The van der Waals surface area contributed by atoms with Gasteiger partial charge in [0.25, 0.3) is 0 Å². The molecule has 0 radical (unpaired) electrons. The van der Waals surface area contributed by atoms with Crippen molar-refractivity contribution in [1.82, 2.24) is 0 Å². The summed E-state index contributed by atoms with van der Waals surface area (Å²) in [6.07, 6.45) is 0.158. The number of methoxy groups -OCH3 is 2. The molecular formula is C21H23ClN2O4. The van der Waals surface area contributed by atoms with E-state index in [9.17, 15) is 9.59 Å². The van der Waals surface area contributed by atoms with Gasteiger partial charge in [0.1, 0.15) is 11.5 Å². The Morgan fingerprint density at radius 2 is 1.89 bits per heavy atom. The molecule has 0 aromatic heterocycles. The zero-order valence-electron chi connectivity index (χ0n) is 16.3. The lowest BCUT2D eigenvalue weighted by molar-refractivity contribution is -0.122. The Hall–Kier alpha value is -2.73. The molecule has 1 aliphatic rings. The zero-order valence-corrected chi connectivity index (χ0v) is 17.1. The van der Waals surface area contributed by atoms with Crippen molar-refractivity contribution >= 4 is 34.8 Å². The molecule has 3 rings (SSSR count). The van der Waals surface area contributed by atoms with Gasteiger partial charge in [-0.3, -0.25) is 9.59 Å². The standard InChI is InChI=1S/C21H23ClN2O4/c1-12-6-5-7-17(13(12)2)24-11-14(8-20(24)25)21(26)23-16-9-15(22)18(27-3)10-19(16)28-4/h5-7,9-10,14H,8,11H2,1-4H3,(H,23,26)/t14-/m0/s1. The van der Waals surface area contributed by atoms with Crippen LogP contribution in [-0.4, -0.2) is 32.6 Å². The highest BCUT2D eigenvalue weighted by Gasteiger charge is 2.36. The highest BCUT2D eigenvalue weighted by Crippen LogP contribution is 2.37. The Morgan fingerprint density at radius 3 is 2.57 bits per heavy atom. The lowest BCUT2D eigenvalue weighted by atomic mass is 10.1. The van der Waals surface area contributed by atoms with Crippen molar-refractivity contribution in [2.75, 3.05) is 31.0 Å². The van der Waals surface area contributed by atoms with Crippen LogP contribution in [0.15, 0.2) is 30.3 Å². The molecule has 1 fully saturated rings. The van der Waals surface area contributed by atoms with Crippen molar-refractivity contribution < 1.29 is 19.1 Å². The minimum absolute atomic E-state index is 0.0615. The van der Waals surface area contributed by atoms with Gasteiger partial charge in [-0.1, -0.05) is 23.7 Å². The quantitative estimate of drug-likeness (QED) is 0.821. The van der Waals surface area contributed by atoms with Crippen molar-refractivity contribution in [1.29, 1.82) is 0 Å². The first-order chi connectivity index (χ1) is 13.3. The number of hydrogen-bond acceptors (Lipinski definition) is 4. The van der Waals surface area contributed by atoms with E-state index in [4.69, 9.17) is 21.1 Å². The summed E-state index contributed by atoms with van der Waals surface area (Å²) in [5.74, 6) is 0.117. The summed E-state index contributed by atoms with van der Waals surface area (Å²) in [5.41, 5.74) is 3.44. The molecule has 1 N–H and O–H groups in total. The molecule has 0 saturated carbocycles. The van der Waals surface area contributed by atoms with Gasteiger partial charge in [-0.2, -0.15) is 0 Å². The molecule has 1 aliphatic heterocycles. The van der Waals surface area contributed by atoms with Crippen LogP contribution in [0.3, 0.4) is 0 Å². The molecule has 0 bridgehead atoms. The first-order valence-corrected chi connectivity index (χ1v) is 9.32. The summed E-state index contributed by atoms with van der Waals surface area (Å²) in [5, 5.41) is 3.19. The number of nitrogens with one attached hydrogen (secondary N) is 1. The topological polar surface area (TPSA) is 67.9 Å². The monoisotopic (exact) mass is 402 g/mol. The average molecular weight is 403 g/mol. The Labute approximate surface area is 169 Å². The number of nitrogens with zero attached hydrogens (tertiary/aromatic N) is 1. The van der Waals surface area contributed by atoms with E-state index >= 15 is 0 Å². The number of carbonyl (C=O) groups is 2. The van der Waals surface area contributed by atoms with Gasteiger partial charge in [-0.25, -0.2) is 0 Å². The van der Waals surface area contributed by atoms with E-state index in [1.807, 2.05) is 32.0 Å². The van der Waals surface area contributed by atoms with Crippen LogP contribution in [0.5, 0.6) is 11.5 Å². The highest BCUT2D eigenvalue weighted by molar-refractivity contribution is 6.32. The number of benzene rings is 2. The second kappa shape index (κ2) is 8.10. The third kappa shape index (κ3) is 3.78. The van der Waals surface area contributed by atoms with Crippen LogP contribution in [0.2, 0.25) is 5.02 Å². The van der Waals surface area contributed by atoms with Crippen molar-refractivity contribution in [2.24, 2.45) is 5.92 Å². The van der Waals surface area contributed by atoms with Gasteiger partial charge < -0.3 is 19.7 Å². The largest absolute Gasteiger partial charge is 0.495 e. The Kier molecular flexibility index (Phi) is 5.79. The van der Waals surface area contributed by atoms with Gasteiger partial charge in [-0.05, 0) is 37.1 Å². The first kappa shape index (κ1) is 20.0. The Morgan fingerprint density at radius 1 is 1.18 bits per heavy atom. The average Bonchev–Trinajstić information content (AvgIpc) is 3.06. The van der Waals surface area contributed by atoms with Crippen LogP contribution in [0.4, 0.5) is 11.4 Å². The fraction of sp³-hybridized carbons (Fsp3) is 0.333. The van der Waals surface area contributed by atoms with Crippen molar-refractivity contribution in [3.8, 4) is 11.5 Å². The van der Waals surface area contributed by atoms with E-state index in [0.717, 1.165) is 16.8 Å². The van der Waals surface area contributed by atoms with E-state index in [1.165, 1.54) is 14.2 Å². The van der Waals surface area contributed by atoms with Gasteiger partial charge >= 0.3 is 0 Å². The molecule has 2 aromatic carbocycles. The molecule has 6 nitrogen and oxygen atoms in total. The van der Waals surface area contributed by atoms with E-state index in [2.05, 4.69) is 5.32 Å². The second-order valence-electron chi connectivity index (χ2n) is 6.80. The molecule has 0 aliphatic carbocycles. The van der Waals surface area contributed by atoms with Gasteiger partial charge in [0, 0.05) is 24.7 Å². The van der Waals surface area contributed by atoms with Crippen molar-refractivity contribution in [3.63, 3.8) is 0 Å². The lowest BCUT2D eigenvalue weighted by Crippen LogP contribution is -2.28. The molecule has 2 aromatic rings. The molecule has 1 saturated heterocycles. The van der Waals surface area contributed by atoms with Crippen LogP contribution >= 0.6 is 11.6 Å². The summed E-state index contributed by atoms with van der Waals surface area (Å²) in [6.45, 7) is 4.32. The van der Waals surface area contributed by atoms with Crippen LogP contribution in [0.1, 0.15) is 17.5 Å². The minimum atomic E-state index is -0.460. The Balaban J connectivity index is 1.79. The number of hydrogen-bond donors (Lipinski definition) is 1. The zero-order chi connectivity index (χ0) is 20.4. The Bertz CT molecular complexity index is 929. The summed E-state index contributed by atoms with van der Waals surface area (Å²) in [4.78, 5) is 27.0. The van der Waals surface area contributed by atoms with E-state index in [1.54, 1.807) is 17.0 Å². The number of carbonyl (C=O) groups excluding carboxylic acids is 2. The molecule has 1 atom stereocenters. The van der Waals surface area contributed by atoms with Gasteiger partial charge in [-0.15, -0.1) is 0 Å². The molecular weight excluding hydrogens is 380 g/mol. The van der Waals surface area contributed by atoms with Crippen LogP contribution in [0, 0.1) is 19.8 Å². The number of ether oxygens (including phenoxy) is 2.